The van der Waals surface area contributed by atoms with Crippen LogP contribution >= 0.6 is 0 Å². The molecule has 0 aliphatic carbocycles. The van der Waals surface area contributed by atoms with Crippen molar-refractivity contribution in [3.05, 3.63) is 53.7 Å². The van der Waals surface area contributed by atoms with Crippen molar-refractivity contribution in [1.82, 2.24) is 30.0 Å². The molecule has 0 amide bonds. The first-order valence-corrected chi connectivity index (χ1v) is 8.47. The highest BCUT2D eigenvalue weighted by Crippen LogP contribution is 2.33. The second-order valence-corrected chi connectivity index (χ2v) is 6.33. The Morgan fingerprint density at radius 1 is 1.20 bits per heavy atom. The van der Waals surface area contributed by atoms with Gasteiger partial charge in [-0.1, -0.05) is 5.16 Å². The second-order valence-electron chi connectivity index (χ2n) is 6.33. The Morgan fingerprint density at radius 2 is 2.12 bits per heavy atom. The molecule has 25 heavy (non-hydrogen) atoms. The smallest absolute Gasteiger partial charge is 0.164 e. The van der Waals surface area contributed by atoms with Crippen LogP contribution in [-0.2, 0) is 6.54 Å². The molecule has 1 aliphatic rings. The van der Waals surface area contributed by atoms with Gasteiger partial charge < -0.3 is 4.52 Å². The van der Waals surface area contributed by atoms with Crippen LogP contribution in [0, 0.1) is 13.8 Å². The molecule has 1 unspecified atom stereocenters. The van der Waals surface area contributed by atoms with E-state index in [1.54, 1.807) is 12.4 Å². The summed E-state index contributed by atoms with van der Waals surface area (Å²) in [5, 5.41) is 4.01. The molecule has 7 heteroatoms. The van der Waals surface area contributed by atoms with E-state index in [1.165, 1.54) is 0 Å². The highest BCUT2D eigenvalue weighted by Gasteiger charge is 2.28. The zero-order valence-corrected chi connectivity index (χ0v) is 14.4. The van der Waals surface area contributed by atoms with Crippen molar-refractivity contribution in [1.29, 1.82) is 0 Å². The molecule has 0 radical (unpaired) electrons. The van der Waals surface area contributed by atoms with Crippen LogP contribution in [0.2, 0.25) is 0 Å². The van der Waals surface area contributed by atoms with E-state index in [9.17, 15) is 0 Å². The maximum Gasteiger partial charge on any atom is 0.164 e. The van der Waals surface area contributed by atoms with Crippen molar-refractivity contribution in [3.8, 4) is 11.4 Å². The van der Waals surface area contributed by atoms with E-state index in [-0.39, 0.29) is 6.04 Å². The molecular formula is C18H20N6O. The van der Waals surface area contributed by atoms with Crippen molar-refractivity contribution in [2.75, 3.05) is 6.54 Å². The van der Waals surface area contributed by atoms with Gasteiger partial charge in [-0.2, -0.15) is 0 Å². The lowest BCUT2D eigenvalue weighted by Gasteiger charge is -2.23. The summed E-state index contributed by atoms with van der Waals surface area (Å²) in [5.41, 5.74) is 3.72. The van der Waals surface area contributed by atoms with E-state index < -0.39 is 0 Å². The van der Waals surface area contributed by atoms with Gasteiger partial charge in [0.1, 0.15) is 5.76 Å². The molecule has 1 saturated heterocycles. The number of aryl methyl sites for hydroxylation is 2. The highest BCUT2D eigenvalue weighted by atomic mass is 16.5. The Labute approximate surface area is 146 Å². The molecule has 1 aliphatic heterocycles. The first-order chi connectivity index (χ1) is 12.2. The third kappa shape index (κ3) is 3.15. The minimum absolute atomic E-state index is 0.268. The average molecular weight is 336 g/mol. The van der Waals surface area contributed by atoms with Gasteiger partial charge in [-0.3, -0.25) is 14.9 Å². The minimum atomic E-state index is 0.268. The van der Waals surface area contributed by atoms with Gasteiger partial charge in [-0.05, 0) is 39.3 Å². The van der Waals surface area contributed by atoms with E-state index in [4.69, 9.17) is 9.51 Å². The highest BCUT2D eigenvalue weighted by molar-refractivity contribution is 5.59. The van der Waals surface area contributed by atoms with E-state index in [1.807, 2.05) is 32.3 Å². The van der Waals surface area contributed by atoms with Gasteiger partial charge in [0, 0.05) is 31.3 Å². The molecule has 0 N–H and O–H groups in total. The van der Waals surface area contributed by atoms with Crippen LogP contribution in [0.25, 0.3) is 11.4 Å². The topological polar surface area (TPSA) is 80.8 Å². The van der Waals surface area contributed by atoms with Crippen LogP contribution in [0.15, 0.2) is 35.4 Å². The number of hydrogen-bond donors (Lipinski definition) is 0. The van der Waals surface area contributed by atoms with Crippen LogP contribution in [0.4, 0.5) is 0 Å². The summed E-state index contributed by atoms with van der Waals surface area (Å²) >= 11 is 0. The molecule has 0 bridgehead atoms. The summed E-state index contributed by atoms with van der Waals surface area (Å²) in [7, 11) is 0. The monoisotopic (exact) mass is 336 g/mol. The lowest BCUT2D eigenvalue weighted by molar-refractivity contribution is 0.241. The van der Waals surface area contributed by atoms with Gasteiger partial charge in [0.05, 0.1) is 28.7 Å². The van der Waals surface area contributed by atoms with Gasteiger partial charge in [-0.25, -0.2) is 9.97 Å². The third-order valence-corrected chi connectivity index (χ3v) is 4.62. The standard InChI is InChI=1S/C18H20N6O/c1-12-17(13(2)25-23-12)18-21-6-5-15(22-18)16-4-3-9-24(16)11-14-10-19-7-8-20-14/h5-8,10,16H,3-4,9,11H2,1-2H3. The minimum Gasteiger partial charge on any atom is -0.361 e. The van der Waals surface area contributed by atoms with E-state index in [2.05, 4.69) is 25.0 Å². The van der Waals surface area contributed by atoms with Gasteiger partial charge in [-0.15, -0.1) is 0 Å². The maximum absolute atomic E-state index is 5.26. The molecule has 4 rings (SSSR count). The van der Waals surface area contributed by atoms with Gasteiger partial charge in [0.2, 0.25) is 0 Å². The van der Waals surface area contributed by atoms with E-state index in [0.717, 1.165) is 54.3 Å². The predicted molar refractivity (Wildman–Crippen MR) is 91.4 cm³/mol. The molecule has 0 spiro atoms. The summed E-state index contributed by atoms with van der Waals surface area (Å²) in [4.78, 5) is 20.2. The fourth-order valence-electron chi connectivity index (χ4n) is 3.45. The molecular weight excluding hydrogens is 316 g/mol. The third-order valence-electron chi connectivity index (χ3n) is 4.62. The average Bonchev–Trinajstić information content (AvgIpc) is 3.22. The molecule has 7 nitrogen and oxygen atoms in total. The van der Waals surface area contributed by atoms with Crippen LogP contribution in [0.3, 0.4) is 0 Å². The first-order valence-electron chi connectivity index (χ1n) is 8.47. The molecule has 4 heterocycles. The molecule has 0 saturated carbocycles. The molecule has 3 aromatic rings. The number of likely N-dealkylation sites (tertiary alicyclic amines) is 1. The largest absolute Gasteiger partial charge is 0.361 e. The van der Waals surface area contributed by atoms with Crippen molar-refractivity contribution < 1.29 is 4.52 Å². The Morgan fingerprint density at radius 3 is 2.88 bits per heavy atom. The van der Waals surface area contributed by atoms with Gasteiger partial charge in [0.25, 0.3) is 0 Å². The molecule has 128 valence electrons. The van der Waals surface area contributed by atoms with Crippen molar-refractivity contribution in [3.63, 3.8) is 0 Å². The quantitative estimate of drug-likeness (QED) is 0.724. The van der Waals surface area contributed by atoms with E-state index in [0.29, 0.717) is 5.82 Å². The Bertz CT molecular complexity index is 844. The summed E-state index contributed by atoms with van der Waals surface area (Å²) < 4.78 is 5.26. The van der Waals surface area contributed by atoms with Crippen LogP contribution in [0.1, 0.15) is 41.7 Å². The SMILES string of the molecule is Cc1noc(C)c1-c1nccc(C2CCCN2Cc2cnccn2)n1. The molecule has 3 aromatic heterocycles. The van der Waals surface area contributed by atoms with Crippen molar-refractivity contribution in [2.45, 2.75) is 39.3 Å². The number of hydrogen-bond acceptors (Lipinski definition) is 7. The van der Waals surface area contributed by atoms with Crippen LogP contribution in [0.5, 0.6) is 0 Å². The second kappa shape index (κ2) is 6.68. The van der Waals surface area contributed by atoms with Gasteiger partial charge in [0.15, 0.2) is 5.82 Å². The Hall–Kier alpha value is -2.67. The lowest BCUT2D eigenvalue weighted by atomic mass is 10.1. The van der Waals surface area contributed by atoms with Gasteiger partial charge >= 0.3 is 0 Å². The number of nitrogens with zero attached hydrogens (tertiary/aromatic N) is 6. The Kier molecular flexibility index (Phi) is 4.23. The molecule has 0 aromatic carbocycles. The molecule has 1 fully saturated rings. The number of aromatic nitrogens is 5. The van der Waals surface area contributed by atoms with Crippen molar-refractivity contribution in [2.24, 2.45) is 0 Å². The van der Waals surface area contributed by atoms with Crippen molar-refractivity contribution >= 4 is 0 Å². The fourth-order valence-corrected chi connectivity index (χ4v) is 3.45. The first kappa shape index (κ1) is 15.8. The zero-order valence-electron chi connectivity index (χ0n) is 14.4. The van der Waals surface area contributed by atoms with Crippen LogP contribution in [-0.4, -0.2) is 36.5 Å². The summed E-state index contributed by atoms with van der Waals surface area (Å²) in [5.74, 6) is 1.43. The maximum atomic E-state index is 5.26. The lowest BCUT2D eigenvalue weighted by Crippen LogP contribution is -2.24. The number of rotatable bonds is 4. The van der Waals surface area contributed by atoms with E-state index >= 15 is 0 Å². The van der Waals surface area contributed by atoms with Crippen LogP contribution < -0.4 is 0 Å². The summed E-state index contributed by atoms with van der Waals surface area (Å²) in [6.45, 7) is 5.62. The summed E-state index contributed by atoms with van der Waals surface area (Å²) in [6, 6.07) is 2.27. The fraction of sp³-hybridized carbons (Fsp3) is 0.389. The Balaban J connectivity index is 1.62. The normalized spacial score (nSPS) is 17.9. The summed E-state index contributed by atoms with van der Waals surface area (Å²) in [6.07, 6.45) is 9.31. The predicted octanol–water partition coefficient (Wildman–Crippen LogP) is 2.88. The molecule has 1 atom stereocenters. The zero-order chi connectivity index (χ0) is 17.2.